The Balaban J connectivity index is 2.43. The molecule has 2 N–H and O–H groups in total. The zero-order valence-electron chi connectivity index (χ0n) is 12.4. The van der Waals surface area contributed by atoms with Crippen molar-refractivity contribution in [2.45, 2.75) is 26.7 Å². The van der Waals surface area contributed by atoms with Gasteiger partial charge in [-0.2, -0.15) is 0 Å². The predicted molar refractivity (Wildman–Crippen MR) is 75.2 cm³/mol. The number of carbonyl (C=O) groups excluding carboxylic acids is 1. The van der Waals surface area contributed by atoms with Crippen molar-refractivity contribution in [2.24, 2.45) is 23.5 Å². The van der Waals surface area contributed by atoms with Crippen LogP contribution in [0, 0.1) is 17.8 Å². The average molecular weight is 255 g/mol. The summed E-state index contributed by atoms with van der Waals surface area (Å²) >= 11 is 0. The number of hydrogen-bond donors (Lipinski definition) is 1. The van der Waals surface area contributed by atoms with Gasteiger partial charge in [-0.3, -0.25) is 4.79 Å². The molecule has 0 aromatic rings. The first-order valence-corrected chi connectivity index (χ1v) is 7.07. The second-order valence-corrected chi connectivity index (χ2v) is 6.20. The third kappa shape index (κ3) is 4.58. The normalized spacial score (nSPS) is 22.4. The minimum atomic E-state index is -0.00543. The summed E-state index contributed by atoms with van der Waals surface area (Å²) < 4.78 is 0. The molecule has 106 valence electrons. The van der Waals surface area contributed by atoms with Crippen LogP contribution in [-0.4, -0.2) is 56.0 Å². The van der Waals surface area contributed by atoms with Crippen LogP contribution in [0.15, 0.2) is 0 Å². The lowest BCUT2D eigenvalue weighted by atomic mass is 9.95. The van der Waals surface area contributed by atoms with E-state index in [-0.39, 0.29) is 11.8 Å². The van der Waals surface area contributed by atoms with Crippen molar-refractivity contribution in [3.8, 4) is 0 Å². The van der Waals surface area contributed by atoms with Gasteiger partial charge in [-0.1, -0.05) is 13.8 Å². The minimum Gasteiger partial charge on any atom is -0.345 e. The molecule has 1 aliphatic heterocycles. The fourth-order valence-electron chi connectivity index (χ4n) is 2.83. The summed E-state index contributed by atoms with van der Waals surface area (Å²) in [5.41, 5.74) is 5.73. The molecule has 1 saturated heterocycles. The fourth-order valence-corrected chi connectivity index (χ4v) is 2.83. The van der Waals surface area contributed by atoms with Crippen molar-refractivity contribution in [2.75, 3.05) is 40.3 Å². The first-order chi connectivity index (χ1) is 8.43. The Bertz CT molecular complexity index is 268. The van der Waals surface area contributed by atoms with Crippen LogP contribution in [0.3, 0.4) is 0 Å². The van der Waals surface area contributed by atoms with Crippen LogP contribution in [0.25, 0.3) is 0 Å². The molecule has 0 radical (unpaired) electrons. The molecular weight excluding hydrogens is 226 g/mol. The lowest BCUT2D eigenvalue weighted by molar-refractivity contribution is -0.134. The van der Waals surface area contributed by atoms with Crippen molar-refractivity contribution in [3.63, 3.8) is 0 Å². The zero-order valence-corrected chi connectivity index (χ0v) is 12.4. The molecule has 1 amide bonds. The van der Waals surface area contributed by atoms with E-state index in [9.17, 15) is 4.79 Å². The Labute approximate surface area is 111 Å². The highest BCUT2D eigenvalue weighted by Crippen LogP contribution is 2.18. The van der Waals surface area contributed by atoms with Gasteiger partial charge in [0.1, 0.15) is 0 Å². The monoisotopic (exact) mass is 255 g/mol. The van der Waals surface area contributed by atoms with Crippen LogP contribution in [0.4, 0.5) is 0 Å². The molecule has 2 atom stereocenters. The van der Waals surface area contributed by atoms with E-state index in [1.54, 1.807) is 0 Å². The molecule has 4 nitrogen and oxygen atoms in total. The highest BCUT2D eigenvalue weighted by Gasteiger charge is 2.26. The van der Waals surface area contributed by atoms with Gasteiger partial charge in [0.15, 0.2) is 0 Å². The molecule has 1 aliphatic rings. The van der Waals surface area contributed by atoms with E-state index in [4.69, 9.17) is 5.73 Å². The van der Waals surface area contributed by atoms with Gasteiger partial charge in [-0.15, -0.1) is 0 Å². The Kier molecular flexibility index (Phi) is 6.09. The van der Waals surface area contributed by atoms with Crippen molar-refractivity contribution in [1.29, 1.82) is 0 Å². The van der Waals surface area contributed by atoms with E-state index in [1.165, 1.54) is 6.42 Å². The molecule has 0 aromatic heterocycles. The van der Waals surface area contributed by atoms with Gasteiger partial charge in [0.05, 0.1) is 5.92 Å². The maximum Gasteiger partial charge on any atom is 0.226 e. The third-order valence-corrected chi connectivity index (χ3v) is 3.79. The van der Waals surface area contributed by atoms with Crippen LogP contribution in [0.5, 0.6) is 0 Å². The van der Waals surface area contributed by atoms with Crippen LogP contribution in [0.1, 0.15) is 26.7 Å². The number of likely N-dealkylation sites (tertiary alicyclic amines) is 1. The van der Waals surface area contributed by atoms with Gasteiger partial charge in [0.2, 0.25) is 5.91 Å². The number of rotatable bonds is 6. The standard InChI is InChI=1S/C14H29N3O/c1-11(2)7-13(8-15)14(18)17(4)10-12-5-6-16(3)9-12/h11-13H,5-10,15H2,1-4H3. The molecular formula is C14H29N3O. The van der Waals surface area contributed by atoms with Gasteiger partial charge < -0.3 is 15.5 Å². The van der Waals surface area contributed by atoms with E-state index in [0.717, 1.165) is 26.1 Å². The second-order valence-electron chi connectivity index (χ2n) is 6.20. The van der Waals surface area contributed by atoms with E-state index >= 15 is 0 Å². The van der Waals surface area contributed by atoms with E-state index in [0.29, 0.717) is 18.4 Å². The van der Waals surface area contributed by atoms with Crippen LogP contribution in [-0.2, 0) is 4.79 Å². The van der Waals surface area contributed by atoms with Gasteiger partial charge in [0, 0.05) is 26.7 Å². The Hall–Kier alpha value is -0.610. The molecule has 4 heteroatoms. The third-order valence-electron chi connectivity index (χ3n) is 3.79. The van der Waals surface area contributed by atoms with Gasteiger partial charge >= 0.3 is 0 Å². The summed E-state index contributed by atoms with van der Waals surface area (Å²) in [7, 11) is 4.06. The Morgan fingerprint density at radius 3 is 2.61 bits per heavy atom. The van der Waals surface area contributed by atoms with Gasteiger partial charge in [-0.05, 0) is 38.3 Å². The number of nitrogens with zero attached hydrogens (tertiary/aromatic N) is 2. The van der Waals surface area contributed by atoms with Gasteiger partial charge in [-0.25, -0.2) is 0 Å². The van der Waals surface area contributed by atoms with Crippen LogP contribution >= 0.6 is 0 Å². The number of hydrogen-bond acceptors (Lipinski definition) is 3. The molecule has 1 fully saturated rings. The van der Waals surface area contributed by atoms with E-state index < -0.39 is 0 Å². The smallest absolute Gasteiger partial charge is 0.226 e. The molecule has 2 unspecified atom stereocenters. The predicted octanol–water partition coefficient (Wildman–Crippen LogP) is 1.02. The molecule has 0 aromatic carbocycles. The summed E-state index contributed by atoms with van der Waals surface area (Å²) in [5.74, 6) is 1.37. The number of amides is 1. The van der Waals surface area contributed by atoms with Crippen molar-refractivity contribution in [3.05, 3.63) is 0 Å². The number of carbonyl (C=O) groups is 1. The lowest BCUT2D eigenvalue weighted by Crippen LogP contribution is -2.40. The maximum atomic E-state index is 12.3. The van der Waals surface area contributed by atoms with Crippen LogP contribution in [0.2, 0.25) is 0 Å². The molecule has 0 spiro atoms. The largest absolute Gasteiger partial charge is 0.345 e. The first-order valence-electron chi connectivity index (χ1n) is 7.07. The second kappa shape index (κ2) is 7.10. The first kappa shape index (κ1) is 15.4. The van der Waals surface area contributed by atoms with Crippen molar-refractivity contribution >= 4 is 5.91 Å². The maximum absolute atomic E-state index is 12.3. The highest BCUT2D eigenvalue weighted by atomic mass is 16.2. The lowest BCUT2D eigenvalue weighted by Gasteiger charge is -2.26. The summed E-state index contributed by atoms with van der Waals surface area (Å²) in [6, 6.07) is 0. The average Bonchev–Trinajstić information content (AvgIpc) is 2.70. The van der Waals surface area contributed by atoms with Crippen molar-refractivity contribution in [1.82, 2.24) is 9.80 Å². The molecule has 1 heterocycles. The molecule has 0 aliphatic carbocycles. The fraction of sp³-hybridized carbons (Fsp3) is 0.929. The number of nitrogens with two attached hydrogens (primary N) is 1. The topological polar surface area (TPSA) is 49.6 Å². The Morgan fingerprint density at radius 1 is 1.50 bits per heavy atom. The summed E-state index contributed by atoms with van der Waals surface area (Å²) in [6.07, 6.45) is 2.09. The molecule has 18 heavy (non-hydrogen) atoms. The Morgan fingerprint density at radius 2 is 2.17 bits per heavy atom. The quantitative estimate of drug-likeness (QED) is 0.771. The van der Waals surface area contributed by atoms with Crippen LogP contribution < -0.4 is 5.73 Å². The summed E-state index contributed by atoms with van der Waals surface area (Å²) in [4.78, 5) is 16.5. The SMILES string of the molecule is CC(C)CC(CN)C(=O)N(C)CC1CCN(C)C1. The van der Waals surface area contributed by atoms with E-state index in [2.05, 4.69) is 25.8 Å². The summed E-state index contributed by atoms with van der Waals surface area (Å²) in [6.45, 7) is 7.88. The summed E-state index contributed by atoms with van der Waals surface area (Å²) in [5, 5.41) is 0. The van der Waals surface area contributed by atoms with Crippen molar-refractivity contribution < 1.29 is 4.79 Å². The molecule has 0 bridgehead atoms. The molecule has 1 rings (SSSR count). The highest BCUT2D eigenvalue weighted by molar-refractivity contribution is 5.78. The zero-order chi connectivity index (χ0) is 13.7. The van der Waals surface area contributed by atoms with Gasteiger partial charge in [0.25, 0.3) is 0 Å². The molecule has 0 saturated carbocycles. The minimum absolute atomic E-state index is 0.00543. The van der Waals surface area contributed by atoms with E-state index in [1.807, 2.05) is 11.9 Å².